The van der Waals surface area contributed by atoms with Crippen LogP contribution in [0.4, 0.5) is 4.39 Å². The summed E-state index contributed by atoms with van der Waals surface area (Å²) >= 11 is 0. The molecule has 3 heteroatoms. The number of benzene rings is 1. The standard InChI is InChI=1S/C9H12FNO/c1-6(11)4-7-2-3-8(10)9(12)5-7/h2-3,5-6,12H,4,11H2,1H3/t6-/m1/s1/i10-1. The molecule has 0 saturated heterocycles. The number of phenols is 1. The van der Waals surface area contributed by atoms with Gasteiger partial charge in [0, 0.05) is 6.04 Å². The van der Waals surface area contributed by atoms with Gasteiger partial charge in [-0.05, 0) is 31.0 Å². The number of aromatic hydroxyl groups is 1. The van der Waals surface area contributed by atoms with Gasteiger partial charge in [0.25, 0.3) is 0 Å². The zero-order valence-corrected chi connectivity index (χ0v) is 6.92. The number of hydrogen-bond donors (Lipinski definition) is 2. The Morgan fingerprint density at radius 2 is 2.25 bits per heavy atom. The van der Waals surface area contributed by atoms with Crippen molar-refractivity contribution in [2.24, 2.45) is 5.73 Å². The van der Waals surface area contributed by atoms with Gasteiger partial charge in [-0.25, -0.2) is 4.39 Å². The van der Waals surface area contributed by atoms with Gasteiger partial charge in [0.15, 0.2) is 11.6 Å². The van der Waals surface area contributed by atoms with Crippen molar-refractivity contribution in [2.75, 3.05) is 0 Å². The molecule has 1 aromatic rings. The topological polar surface area (TPSA) is 46.2 Å². The lowest BCUT2D eigenvalue weighted by molar-refractivity contribution is 0.431. The van der Waals surface area contributed by atoms with E-state index in [2.05, 4.69) is 0 Å². The normalized spacial score (nSPS) is 12.9. The summed E-state index contributed by atoms with van der Waals surface area (Å²) < 4.78 is 12.6. The van der Waals surface area contributed by atoms with Gasteiger partial charge in [0.1, 0.15) is 0 Å². The smallest absolute Gasteiger partial charge is 0.164 e. The molecule has 0 aromatic heterocycles. The Morgan fingerprint density at radius 1 is 1.58 bits per heavy atom. The highest BCUT2D eigenvalue weighted by molar-refractivity contribution is 5.29. The molecule has 0 unspecified atom stereocenters. The van der Waals surface area contributed by atoms with E-state index in [4.69, 9.17) is 10.8 Å². The van der Waals surface area contributed by atoms with E-state index in [1.165, 1.54) is 12.1 Å². The molecule has 0 aliphatic carbocycles. The van der Waals surface area contributed by atoms with Crippen LogP contribution in [-0.2, 0) is 6.42 Å². The second-order valence-electron chi connectivity index (χ2n) is 2.97. The lowest BCUT2D eigenvalue weighted by Gasteiger charge is -2.05. The molecule has 0 aliphatic heterocycles. The van der Waals surface area contributed by atoms with Gasteiger partial charge in [-0.15, -0.1) is 0 Å². The van der Waals surface area contributed by atoms with Gasteiger partial charge >= 0.3 is 0 Å². The first kappa shape index (κ1) is 9.00. The Bertz CT molecular complexity index is 273. The Hall–Kier alpha value is -1.09. The summed E-state index contributed by atoms with van der Waals surface area (Å²) in [5.74, 6) is -0.906. The van der Waals surface area contributed by atoms with Crippen LogP contribution in [0.5, 0.6) is 5.75 Å². The summed E-state index contributed by atoms with van der Waals surface area (Å²) in [6.45, 7) is 1.86. The van der Waals surface area contributed by atoms with Gasteiger partial charge in [0.05, 0.1) is 0 Å². The van der Waals surface area contributed by atoms with Crippen molar-refractivity contribution in [3.05, 3.63) is 29.6 Å². The van der Waals surface area contributed by atoms with Crippen LogP contribution < -0.4 is 5.73 Å². The van der Waals surface area contributed by atoms with Gasteiger partial charge in [0.2, 0.25) is 0 Å². The largest absolute Gasteiger partial charge is 0.505 e. The van der Waals surface area contributed by atoms with Gasteiger partial charge < -0.3 is 10.8 Å². The van der Waals surface area contributed by atoms with E-state index >= 15 is 0 Å². The fourth-order valence-corrected chi connectivity index (χ4v) is 1.06. The van der Waals surface area contributed by atoms with Crippen LogP contribution in [-0.4, -0.2) is 11.1 Å². The number of hydrogen-bond acceptors (Lipinski definition) is 2. The van der Waals surface area contributed by atoms with Crippen LogP contribution in [0.25, 0.3) is 0 Å². The van der Waals surface area contributed by atoms with E-state index in [1.54, 1.807) is 6.07 Å². The second kappa shape index (κ2) is 3.54. The van der Waals surface area contributed by atoms with E-state index in [9.17, 15) is 4.39 Å². The van der Waals surface area contributed by atoms with Crippen LogP contribution in [0, 0.1) is 5.82 Å². The maximum absolute atomic E-state index is 12.6. The number of rotatable bonds is 2. The number of nitrogens with two attached hydrogens (primary N) is 1. The minimum Gasteiger partial charge on any atom is -0.505 e. The van der Waals surface area contributed by atoms with E-state index in [-0.39, 0.29) is 11.8 Å². The fourth-order valence-electron chi connectivity index (χ4n) is 1.06. The average Bonchev–Trinajstić information content (AvgIpc) is 1.96. The van der Waals surface area contributed by atoms with Gasteiger partial charge in [-0.3, -0.25) is 0 Å². The molecule has 66 valence electrons. The molecular weight excluding hydrogens is 156 g/mol. The molecule has 0 radical (unpaired) electrons. The Morgan fingerprint density at radius 3 is 2.75 bits per heavy atom. The summed E-state index contributed by atoms with van der Waals surface area (Å²) in [5, 5.41) is 9.00. The summed E-state index contributed by atoms with van der Waals surface area (Å²) in [4.78, 5) is 0. The zero-order chi connectivity index (χ0) is 9.14. The highest BCUT2D eigenvalue weighted by atomic mass is 18.2. The predicted octanol–water partition coefficient (Wildman–Crippen LogP) is 1.42. The third-order valence-corrected chi connectivity index (χ3v) is 1.57. The monoisotopic (exact) mass is 168 g/mol. The lowest BCUT2D eigenvalue weighted by atomic mass is 10.1. The van der Waals surface area contributed by atoms with Crippen molar-refractivity contribution >= 4 is 0 Å². The molecule has 12 heavy (non-hydrogen) atoms. The lowest BCUT2D eigenvalue weighted by Crippen LogP contribution is -2.17. The quantitative estimate of drug-likeness (QED) is 0.701. The van der Waals surface area contributed by atoms with E-state index in [0.717, 1.165) is 5.56 Å². The number of halogens is 1. The predicted molar refractivity (Wildman–Crippen MR) is 45.4 cm³/mol. The highest BCUT2D eigenvalue weighted by Crippen LogP contribution is 2.17. The molecule has 0 heterocycles. The Kier molecular flexibility index (Phi) is 2.65. The van der Waals surface area contributed by atoms with Crippen molar-refractivity contribution in [1.29, 1.82) is 0 Å². The molecular formula is C9H12FNO. The molecule has 0 saturated carbocycles. The summed E-state index contributed by atoms with van der Waals surface area (Å²) in [7, 11) is 0. The third kappa shape index (κ3) is 2.20. The molecule has 0 amide bonds. The van der Waals surface area contributed by atoms with Crippen LogP contribution in [0.3, 0.4) is 0 Å². The molecule has 0 aliphatic rings. The van der Waals surface area contributed by atoms with Crippen LogP contribution in [0.1, 0.15) is 12.5 Å². The number of phenolic OH excluding ortho intramolecular Hbond substituents is 1. The first-order chi connectivity index (χ1) is 5.59. The molecule has 2 nitrogen and oxygen atoms in total. The van der Waals surface area contributed by atoms with E-state index in [0.29, 0.717) is 6.42 Å². The zero-order valence-electron chi connectivity index (χ0n) is 6.92. The molecule has 3 N–H and O–H groups in total. The van der Waals surface area contributed by atoms with E-state index < -0.39 is 5.82 Å². The van der Waals surface area contributed by atoms with Crippen molar-refractivity contribution < 1.29 is 9.50 Å². The summed E-state index contributed by atoms with van der Waals surface area (Å²) in [5.41, 5.74) is 6.39. The first-order valence-electron chi connectivity index (χ1n) is 3.82. The van der Waals surface area contributed by atoms with E-state index in [1.807, 2.05) is 6.92 Å². The van der Waals surface area contributed by atoms with Crippen molar-refractivity contribution in [3.63, 3.8) is 0 Å². The van der Waals surface area contributed by atoms with Crippen molar-refractivity contribution in [2.45, 2.75) is 19.4 Å². The van der Waals surface area contributed by atoms with Crippen molar-refractivity contribution in [3.8, 4) is 5.75 Å². The second-order valence-corrected chi connectivity index (χ2v) is 2.97. The third-order valence-electron chi connectivity index (χ3n) is 1.57. The summed E-state index contributed by atoms with van der Waals surface area (Å²) in [6, 6.07) is 4.29. The van der Waals surface area contributed by atoms with Gasteiger partial charge in [-0.2, -0.15) is 0 Å². The minimum atomic E-state index is -0.594. The van der Waals surface area contributed by atoms with Crippen LogP contribution in [0.2, 0.25) is 0 Å². The minimum absolute atomic E-state index is 0.0230. The van der Waals surface area contributed by atoms with Gasteiger partial charge in [-0.1, -0.05) is 6.07 Å². The highest BCUT2D eigenvalue weighted by Gasteiger charge is 2.02. The molecule has 0 bridgehead atoms. The maximum Gasteiger partial charge on any atom is 0.164 e. The molecule has 1 atom stereocenters. The summed E-state index contributed by atoms with van der Waals surface area (Å²) in [6.07, 6.45) is 0.647. The Labute approximate surface area is 70.8 Å². The SMILES string of the molecule is C[C@@H](N)Cc1ccc([18F])c(O)c1. The van der Waals surface area contributed by atoms with Crippen molar-refractivity contribution in [1.82, 2.24) is 0 Å². The first-order valence-corrected chi connectivity index (χ1v) is 3.82. The fraction of sp³-hybridized carbons (Fsp3) is 0.333. The molecule has 0 fully saturated rings. The van der Waals surface area contributed by atoms with Crippen LogP contribution >= 0.6 is 0 Å². The average molecular weight is 168 g/mol. The Balaban J connectivity index is 2.82. The molecule has 1 aromatic carbocycles. The molecule has 0 spiro atoms. The van der Waals surface area contributed by atoms with Crippen LogP contribution in [0.15, 0.2) is 18.2 Å². The maximum atomic E-state index is 12.6. The molecule has 1 rings (SSSR count).